The Labute approximate surface area is 204 Å². The van der Waals surface area contributed by atoms with Crippen LogP contribution in [0.3, 0.4) is 0 Å². The van der Waals surface area contributed by atoms with Crippen LogP contribution in [0.25, 0.3) is 15.9 Å². The highest BCUT2D eigenvalue weighted by molar-refractivity contribution is 7.20. The molecule has 0 aliphatic carbocycles. The van der Waals surface area contributed by atoms with Gasteiger partial charge in [0.15, 0.2) is 0 Å². The molecule has 2 aromatic heterocycles. The maximum atomic E-state index is 13.0. The van der Waals surface area contributed by atoms with E-state index in [1.165, 1.54) is 15.9 Å². The van der Waals surface area contributed by atoms with Crippen LogP contribution < -0.4 is 16.2 Å². The number of anilines is 2. The van der Waals surface area contributed by atoms with Crippen molar-refractivity contribution < 1.29 is 4.79 Å². The van der Waals surface area contributed by atoms with Crippen molar-refractivity contribution in [3.05, 3.63) is 98.8 Å². The first kappa shape index (κ1) is 22.1. The summed E-state index contributed by atoms with van der Waals surface area (Å²) in [5.74, 6) is -0.233. The SMILES string of the molecule is Cc1c(Cl)cccc1Nc1nn2c(=O)c3ccc(C(=O)NC(C)c4ccccc4)cc3nc2s1. The zero-order chi connectivity index (χ0) is 23.8. The van der Waals surface area contributed by atoms with Gasteiger partial charge in [0.05, 0.1) is 16.9 Å². The van der Waals surface area contributed by atoms with E-state index in [0.717, 1.165) is 16.8 Å². The number of hydrogen-bond acceptors (Lipinski definition) is 6. The minimum absolute atomic E-state index is 0.157. The molecule has 0 bridgehead atoms. The number of hydrogen-bond donors (Lipinski definition) is 2. The topological polar surface area (TPSA) is 88.4 Å². The number of nitrogens with one attached hydrogen (secondary N) is 2. The number of amides is 1. The van der Waals surface area contributed by atoms with Crippen LogP contribution in [0.2, 0.25) is 5.02 Å². The van der Waals surface area contributed by atoms with Crippen LogP contribution in [0.5, 0.6) is 0 Å². The van der Waals surface area contributed by atoms with Gasteiger partial charge in [-0.1, -0.05) is 59.3 Å². The van der Waals surface area contributed by atoms with E-state index >= 15 is 0 Å². The fourth-order valence-electron chi connectivity index (χ4n) is 3.66. The molecule has 0 radical (unpaired) electrons. The molecule has 34 heavy (non-hydrogen) atoms. The van der Waals surface area contributed by atoms with Gasteiger partial charge in [0.25, 0.3) is 11.5 Å². The lowest BCUT2D eigenvalue weighted by Crippen LogP contribution is -2.26. The number of rotatable bonds is 5. The van der Waals surface area contributed by atoms with E-state index in [2.05, 4.69) is 20.7 Å². The lowest BCUT2D eigenvalue weighted by molar-refractivity contribution is 0.0940. The number of fused-ring (bicyclic) bond motifs is 2. The van der Waals surface area contributed by atoms with Gasteiger partial charge in [-0.2, -0.15) is 4.52 Å². The monoisotopic (exact) mass is 489 g/mol. The summed E-state index contributed by atoms with van der Waals surface area (Å²) in [4.78, 5) is 30.9. The van der Waals surface area contributed by atoms with Crippen molar-refractivity contribution >= 4 is 55.5 Å². The van der Waals surface area contributed by atoms with E-state index in [1.807, 2.05) is 62.4 Å². The molecule has 1 atom stereocenters. The van der Waals surface area contributed by atoms with Crippen molar-refractivity contribution in [2.45, 2.75) is 19.9 Å². The average molecular weight is 490 g/mol. The Bertz CT molecular complexity index is 1600. The third-order valence-electron chi connectivity index (χ3n) is 5.62. The molecule has 0 saturated carbocycles. The van der Waals surface area contributed by atoms with Gasteiger partial charge in [-0.3, -0.25) is 9.59 Å². The standard InChI is InChI=1S/C25H20ClN5O2S/c1-14-19(26)9-6-10-20(14)28-24-30-31-23(33)18-12-11-17(13-21(18)29-25(31)34-24)22(32)27-15(2)16-7-4-3-5-8-16/h3-13,15H,1-2H3,(H,27,32)(H,28,30). The summed E-state index contributed by atoms with van der Waals surface area (Å²) < 4.78 is 1.27. The third kappa shape index (κ3) is 4.13. The van der Waals surface area contributed by atoms with Crippen LogP contribution >= 0.6 is 22.9 Å². The minimum atomic E-state index is -0.295. The molecule has 0 aliphatic heterocycles. The van der Waals surface area contributed by atoms with Crippen molar-refractivity contribution in [1.29, 1.82) is 0 Å². The maximum absolute atomic E-state index is 13.0. The molecule has 0 fully saturated rings. The Morgan fingerprint density at radius 3 is 2.68 bits per heavy atom. The van der Waals surface area contributed by atoms with Gasteiger partial charge < -0.3 is 10.6 Å². The highest BCUT2D eigenvalue weighted by Gasteiger charge is 2.16. The molecule has 5 aromatic rings. The number of carbonyl (C=O) groups excluding carboxylic acids is 1. The van der Waals surface area contributed by atoms with Crippen LogP contribution in [0.4, 0.5) is 10.8 Å². The predicted octanol–water partition coefficient (Wildman–Crippen LogP) is 5.50. The molecule has 2 heterocycles. The smallest absolute Gasteiger partial charge is 0.283 e. The van der Waals surface area contributed by atoms with E-state index in [0.29, 0.717) is 31.6 Å². The summed E-state index contributed by atoms with van der Waals surface area (Å²) >= 11 is 7.45. The zero-order valence-electron chi connectivity index (χ0n) is 18.4. The molecule has 0 spiro atoms. The van der Waals surface area contributed by atoms with Crippen molar-refractivity contribution in [3.63, 3.8) is 0 Å². The van der Waals surface area contributed by atoms with Gasteiger partial charge in [0.1, 0.15) is 0 Å². The summed E-state index contributed by atoms with van der Waals surface area (Å²) in [6.45, 7) is 3.83. The minimum Gasteiger partial charge on any atom is -0.346 e. The van der Waals surface area contributed by atoms with Crippen molar-refractivity contribution in [1.82, 2.24) is 19.9 Å². The predicted molar refractivity (Wildman–Crippen MR) is 136 cm³/mol. The number of aromatic nitrogens is 3. The number of benzene rings is 3. The van der Waals surface area contributed by atoms with Gasteiger partial charge in [0, 0.05) is 16.3 Å². The molecular weight excluding hydrogens is 470 g/mol. The molecule has 170 valence electrons. The molecule has 3 aromatic carbocycles. The number of halogens is 1. The molecule has 2 N–H and O–H groups in total. The Morgan fingerprint density at radius 2 is 1.88 bits per heavy atom. The average Bonchev–Trinajstić information content (AvgIpc) is 3.25. The Hall–Kier alpha value is -3.75. The quantitative estimate of drug-likeness (QED) is 0.340. The molecule has 5 rings (SSSR count). The highest BCUT2D eigenvalue weighted by Crippen LogP contribution is 2.28. The van der Waals surface area contributed by atoms with Gasteiger partial charge in [-0.25, -0.2) is 4.98 Å². The third-order valence-corrected chi connectivity index (χ3v) is 6.85. The van der Waals surface area contributed by atoms with Gasteiger partial charge in [-0.05, 0) is 55.3 Å². The lowest BCUT2D eigenvalue weighted by Gasteiger charge is -2.14. The van der Waals surface area contributed by atoms with Gasteiger partial charge >= 0.3 is 0 Å². The zero-order valence-corrected chi connectivity index (χ0v) is 19.9. The van der Waals surface area contributed by atoms with Crippen LogP contribution in [-0.4, -0.2) is 20.5 Å². The summed E-state index contributed by atoms with van der Waals surface area (Å²) in [5, 5.41) is 12.1. The maximum Gasteiger partial charge on any atom is 0.283 e. The second kappa shape index (κ2) is 8.89. The first-order valence-corrected chi connectivity index (χ1v) is 11.8. The fraction of sp³-hybridized carbons (Fsp3) is 0.120. The summed E-state index contributed by atoms with van der Waals surface area (Å²) in [7, 11) is 0. The van der Waals surface area contributed by atoms with Crippen LogP contribution in [0, 0.1) is 6.92 Å². The summed E-state index contributed by atoms with van der Waals surface area (Å²) in [6, 6.07) is 20.0. The first-order valence-electron chi connectivity index (χ1n) is 10.6. The van der Waals surface area contributed by atoms with Crippen molar-refractivity contribution in [2.75, 3.05) is 5.32 Å². The van der Waals surface area contributed by atoms with Crippen molar-refractivity contribution in [2.24, 2.45) is 0 Å². The van der Waals surface area contributed by atoms with E-state index in [9.17, 15) is 9.59 Å². The second-order valence-corrected chi connectivity index (χ2v) is 9.26. The molecule has 9 heteroatoms. The fourth-order valence-corrected chi connectivity index (χ4v) is 4.65. The van der Waals surface area contributed by atoms with E-state index in [1.54, 1.807) is 18.2 Å². The van der Waals surface area contributed by atoms with Gasteiger partial charge in [0.2, 0.25) is 10.1 Å². The molecule has 0 aliphatic rings. The molecular formula is C25H20ClN5O2S. The first-order chi connectivity index (χ1) is 16.4. The Balaban J connectivity index is 1.46. The molecule has 0 saturated heterocycles. The second-order valence-electron chi connectivity index (χ2n) is 7.89. The number of nitrogens with zero attached hydrogens (tertiary/aromatic N) is 3. The van der Waals surface area contributed by atoms with E-state index in [4.69, 9.17) is 11.6 Å². The van der Waals surface area contributed by atoms with Crippen molar-refractivity contribution in [3.8, 4) is 0 Å². The summed E-state index contributed by atoms with van der Waals surface area (Å²) in [5.41, 5.74) is 3.28. The Morgan fingerprint density at radius 1 is 1.09 bits per heavy atom. The van der Waals surface area contributed by atoms with Crippen LogP contribution in [-0.2, 0) is 0 Å². The molecule has 1 amide bonds. The van der Waals surface area contributed by atoms with Crippen LogP contribution in [0.15, 0.2) is 71.5 Å². The molecule has 1 unspecified atom stereocenters. The van der Waals surface area contributed by atoms with E-state index in [-0.39, 0.29) is 17.5 Å². The van der Waals surface area contributed by atoms with Gasteiger partial charge in [-0.15, -0.1) is 5.10 Å². The lowest BCUT2D eigenvalue weighted by atomic mass is 10.1. The normalized spacial score (nSPS) is 12.1. The largest absolute Gasteiger partial charge is 0.346 e. The Kier molecular flexibility index (Phi) is 5.77. The van der Waals surface area contributed by atoms with E-state index < -0.39 is 0 Å². The highest BCUT2D eigenvalue weighted by atomic mass is 35.5. The number of carbonyl (C=O) groups is 1. The summed E-state index contributed by atoms with van der Waals surface area (Å²) in [6.07, 6.45) is 0. The molecule has 7 nitrogen and oxygen atoms in total. The van der Waals surface area contributed by atoms with Crippen LogP contribution in [0.1, 0.15) is 34.5 Å².